The van der Waals surface area contributed by atoms with Gasteiger partial charge in [-0.3, -0.25) is 0 Å². The lowest BCUT2D eigenvalue weighted by Crippen LogP contribution is -2.10. The normalized spacial score (nSPS) is 13.7. The van der Waals surface area contributed by atoms with E-state index in [1.165, 1.54) is 141 Å². The molecule has 0 rings (SSSR count). The summed E-state index contributed by atoms with van der Waals surface area (Å²) < 4.78 is 0. The Morgan fingerprint density at radius 3 is 0.931 bits per heavy atom. The summed E-state index contributed by atoms with van der Waals surface area (Å²) in [7, 11) is 0. The molecule has 0 aromatic rings. The van der Waals surface area contributed by atoms with Crippen LogP contribution in [-0.4, -0.2) is 10.5 Å². The molecule has 0 fully saturated rings. The third-order valence-corrected chi connectivity index (χ3v) is 8.46. The summed E-state index contributed by atoms with van der Waals surface area (Å²) >= 11 is 2.34. The van der Waals surface area contributed by atoms with Gasteiger partial charge >= 0.3 is 0 Å². The highest BCUT2D eigenvalue weighted by molar-refractivity contribution is 8.00. The van der Waals surface area contributed by atoms with E-state index >= 15 is 0 Å². The van der Waals surface area contributed by atoms with Gasteiger partial charge in [-0.25, -0.2) is 0 Å². The molecule has 0 bridgehead atoms. The molecule has 0 aliphatic heterocycles. The highest BCUT2D eigenvalue weighted by Crippen LogP contribution is 2.30. The minimum Gasteiger partial charge on any atom is -0.155 e. The second-order valence-electron chi connectivity index (χ2n) is 9.43. The van der Waals surface area contributed by atoms with Gasteiger partial charge in [0, 0.05) is 10.5 Å². The highest BCUT2D eigenvalue weighted by atomic mass is 32.2. The largest absolute Gasteiger partial charge is 0.155 e. The monoisotopic (exact) mass is 426 g/mol. The fraction of sp³-hybridized carbons (Fsp3) is 1.00. The predicted octanol–water partition coefficient (Wildman–Crippen LogP) is 11.1. The van der Waals surface area contributed by atoms with Crippen LogP contribution in [0.25, 0.3) is 0 Å². The smallest absolute Gasteiger partial charge is 0.00472 e. The molecule has 2 atom stereocenters. The molecule has 0 saturated carbocycles. The highest BCUT2D eigenvalue weighted by Gasteiger charge is 2.14. The zero-order chi connectivity index (χ0) is 21.4. The average Bonchev–Trinajstić information content (AvgIpc) is 2.74. The van der Waals surface area contributed by atoms with Crippen molar-refractivity contribution in [2.24, 2.45) is 0 Å². The number of rotatable bonds is 24. The maximum Gasteiger partial charge on any atom is 0.00472 e. The van der Waals surface area contributed by atoms with Gasteiger partial charge < -0.3 is 0 Å². The molecule has 0 N–H and O–H groups in total. The third kappa shape index (κ3) is 21.4. The van der Waals surface area contributed by atoms with Gasteiger partial charge in [0.05, 0.1) is 0 Å². The molecule has 0 amide bonds. The Bertz CT molecular complexity index is 260. The van der Waals surface area contributed by atoms with Crippen molar-refractivity contribution in [1.82, 2.24) is 0 Å². The zero-order valence-electron chi connectivity index (χ0n) is 21.1. The van der Waals surface area contributed by atoms with Crippen molar-refractivity contribution < 1.29 is 0 Å². The molecule has 0 nitrogen and oxygen atoms in total. The van der Waals surface area contributed by atoms with Gasteiger partial charge in [-0.05, 0) is 25.7 Å². The van der Waals surface area contributed by atoms with Crippen molar-refractivity contribution in [2.75, 3.05) is 0 Å². The molecule has 0 heterocycles. The first-order valence-electron chi connectivity index (χ1n) is 13.9. The minimum absolute atomic E-state index is 0.920. The first-order valence-corrected chi connectivity index (χ1v) is 14.9. The van der Waals surface area contributed by atoms with Crippen LogP contribution < -0.4 is 0 Å². The van der Waals surface area contributed by atoms with Crippen LogP contribution in [-0.2, 0) is 0 Å². The summed E-state index contributed by atoms with van der Waals surface area (Å²) in [5, 5.41) is 1.84. The summed E-state index contributed by atoms with van der Waals surface area (Å²) in [4.78, 5) is 0. The van der Waals surface area contributed by atoms with Crippen molar-refractivity contribution in [3.63, 3.8) is 0 Å². The average molecular weight is 427 g/mol. The van der Waals surface area contributed by atoms with Gasteiger partial charge in [-0.2, -0.15) is 11.8 Å². The van der Waals surface area contributed by atoms with Crippen LogP contribution >= 0.6 is 11.8 Å². The molecule has 0 aliphatic rings. The number of hydrogen-bond donors (Lipinski definition) is 0. The Morgan fingerprint density at radius 1 is 0.379 bits per heavy atom. The van der Waals surface area contributed by atoms with Gasteiger partial charge in [-0.15, -0.1) is 0 Å². The summed E-state index contributed by atoms with van der Waals surface area (Å²) in [6.45, 7) is 9.44. The maximum atomic E-state index is 2.41. The lowest BCUT2D eigenvalue weighted by atomic mass is 10.1. The van der Waals surface area contributed by atoms with Crippen LogP contribution in [0, 0.1) is 0 Å². The predicted molar refractivity (Wildman–Crippen MR) is 139 cm³/mol. The first-order chi connectivity index (χ1) is 14.3. The van der Waals surface area contributed by atoms with E-state index in [1.807, 2.05) is 0 Å². The van der Waals surface area contributed by atoms with E-state index in [0.29, 0.717) is 0 Å². The van der Waals surface area contributed by atoms with Crippen LogP contribution in [0.1, 0.15) is 169 Å². The number of unbranched alkanes of at least 4 members (excludes halogenated alkanes) is 16. The molecule has 0 radical (unpaired) electrons. The van der Waals surface area contributed by atoms with Gasteiger partial charge in [-0.1, -0.05) is 143 Å². The van der Waals surface area contributed by atoms with Gasteiger partial charge in [0.1, 0.15) is 0 Å². The number of thioether (sulfide) groups is 1. The second kappa shape index (κ2) is 24.6. The molecule has 0 spiro atoms. The van der Waals surface area contributed by atoms with E-state index in [0.717, 1.165) is 10.5 Å². The van der Waals surface area contributed by atoms with Crippen molar-refractivity contribution in [1.29, 1.82) is 0 Å². The molecule has 0 saturated heterocycles. The Morgan fingerprint density at radius 2 is 0.655 bits per heavy atom. The molecule has 0 aromatic heterocycles. The van der Waals surface area contributed by atoms with Crippen molar-refractivity contribution >= 4 is 11.8 Å². The van der Waals surface area contributed by atoms with Crippen LogP contribution in [0.4, 0.5) is 0 Å². The third-order valence-electron chi connectivity index (χ3n) is 6.55. The van der Waals surface area contributed by atoms with Crippen LogP contribution in [0.15, 0.2) is 0 Å². The van der Waals surface area contributed by atoms with Crippen LogP contribution in [0.3, 0.4) is 0 Å². The summed E-state index contributed by atoms with van der Waals surface area (Å²) in [5.41, 5.74) is 0. The van der Waals surface area contributed by atoms with Crippen molar-refractivity contribution in [3.05, 3.63) is 0 Å². The van der Waals surface area contributed by atoms with Crippen molar-refractivity contribution in [3.8, 4) is 0 Å². The summed E-state index contributed by atoms with van der Waals surface area (Å²) in [5.74, 6) is 0. The second-order valence-corrected chi connectivity index (χ2v) is 11.0. The fourth-order valence-corrected chi connectivity index (χ4v) is 5.91. The van der Waals surface area contributed by atoms with E-state index in [1.54, 1.807) is 0 Å². The van der Waals surface area contributed by atoms with E-state index < -0.39 is 0 Å². The van der Waals surface area contributed by atoms with Crippen molar-refractivity contribution in [2.45, 2.75) is 179 Å². The minimum atomic E-state index is 0.920. The van der Waals surface area contributed by atoms with Gasteiger partial charge in [0.2, 0.25) is 0 Å². The summed E-state index contributed by atoms with van der Waals surface area (Å²) in [6.07, 6.45) is 31.9. The van der Waals surface area contributed by atoms with E-state index in [2.05, 4.69) is 39.5 Å². The standard InChI is InChI=1S/C28H58S/c1-5-9-11-13-15-17-19-21-23-25-27(7-3)29-28(8-4)26-24-22-20-18-16-14-12-10-6-2/h27-28H,5-26H2,1-4H3. The lowest BCUT2D eigenvalue weighted by Gasteiger charge is -2.21. The zero-order valence-corrected chi connectivity index (χ0v) is 21.9. The molecular formula is C28H58S. The molecular weight excluding hydrogens is 368 g/mol. The quantitative estimate of drug-likeness (QED) is 0.138. The van der Waals surface area contributed by atoms with Gasteiger partial charge in [0.25, 0.3) is 0 Å². The van der Waals surface area contributed by atoms with Crippen LogP contribution in [0.5, 0.6) is 0 Å². The topological polar surface area (TPSA) is 0 Å². The molecule has 1 heteroatoms. The Balaban J connectivity index is 3.62. The number of hydrogen-bond acceptors (Lipinski definition) is 1. The van der Waals surface area contributed by atoms with Gasteiger partial charge in [0.15, 0.2) is 0 Å². The van der Waals surface area contributed by atoms with E-state index in [9.17, 15) is 0 Å². The molecule has 0 aromatic carbocycles. The molecule has 2 unspecified atom stereocenters. The SMILES string of the molecule is CCCCCCCCCCCC(CC)SC(CC)CCCCCCCCCCC. The molecule has 29 heavy (non-hydrogen) atoms. The Kier molecular flexibility index (Phi) is 24.9. The van der Waals surface area contributed by atoms with Crippen LogP contribution in [0.2, 0.25) is 0 Å². The Labute approximate surface area is 191 Å². The Hall–Kier alpha value is 0.350. The first kappa shape index (κ1) is 29.4. The lowest BCUT2D eigenvalue weighted by molar-refractivity contribution is 0.545. The fourth-order valence-electron chi connectivity index (χ4n) is 4.37. The van der Waals surface area contributed by atoms with E-state index in [4.69, 9.17) is 0 Å². The van der Waals surface area contributed by atoms with E-state index in [-0.39, 0.29) is 0 Å². The maximum absolute atomic E-state index is 2.41. The molecule has 176 valence electrons. The molecule has 0 aliphatic carbocycles. The summed E-state index contributed by atoms with van der Waals surface area (Å²) in [6, 6.07) is 0.